The summed E-state index contributed by atoms with van der Waals surface area (Å²) < 4.78 is 50.3. The molecule has 0 unspecified atom stereocenters. The van der Waals surface area contributed by atoms with E-state index in [0.29, 0.717) is 17.1 Å². The lowest BCUT2D eigenvalue weighted by Gasteiger charge is -2.33. The Morgan fingerprint density at radius 2 is 1.91 bits per heavy atom. The van der Waals surface area contributed by atoms with E-state index in [0.717, 1.165) is 55.4 Å². The van der Waals surface area contributed by atoms with Crippen molar-refractivity contribution >= 4 is 0 Å². The Kier molecular flexibility index (Phi) is 6.41. The van der Waals surface area contributed by atoms with Crippen molar-refractivity contribution in [3.63, 3.8) is 0 Å². The number of aromatic nitrogens is 2. The molecule has 0 aliphatic carbocycles. The SMILES string of the molecule is COc1ccc(CN2CCC[C@H](c3[nH]ncc3-c3cccc(C(F)(F)F)c3)C2)cc1OC. The molecule has 5 nitrogen and oxygen atoms in total. The van der Waals surface area contributed by atoms with Gasteiger partial charge in [-0.2, -0.15) is 18.3 Å². The smallest absolute Gasteiger partial charge is 0.416 e. The number of likely N-dealkylation sites (tertiary alicyclic amines) is 1. The van der Waals surface area contributed by atoms with Crippen molar-refractivity contribution in [3.8, 4) is 22.6 Å². The van der Waals surface area contributed by atoms with Crippen molar-refractivity contribution < 1.29 is 22.6 Å². The maximum absolute atomic E-state index is 13.2. The fourth-order valence-electron chi connectivity index (χ4n) is 4.37. The molecule has 3 aromatic rings. The zero-order valence-electron chi connectivity index (χ0n) is 18.1. The third-order valence-corrected chi connectivity index (χ3v) is 5.94. The van der Waals surface area contributed by atoms with Crippen molar-refractivity contribution in [2.75, 3.05) is 27.3 Å². The Morgan fingerprint density at radius 1 is 1.09 bits per heavy atom. The number of nitrogens with zero attached hydrogens (tertiary/aromatic N) is 2. The molecule has 1 atom stereocenters. The number of alkyl halides is 3. The van der Waals surface area contributed by atoms with Crippen LogP contribution in [0.1, 0.15) is 35.6 Å². The van der Waals surface area contributed by atoms with E-state index in [1.165, 1.54) is 12.1 Å². The number of piperidine rings is 1. The molecule has 1 aromatic heterocycles. The van der Waals surface area contributed by atoms with Crippen molar-refractivity contribution in [2.24, 2.45) is 0 Å². The van der Waals surface area contributed by atoms with Gasteiger partial charge in [-0.25, -0.2) is 0 Å². The predicted molar refractivity (Wildman–Crippen MR) is 116 cm³/mol. The third kappa shape index (κ3) is 4.75. The summed E-state index contributed by atoms with van der Waals surface area (Å²) in [5.41, 5.74) is 2.61. The molecule has 2 aromatic carbocycles. The first kappa shape index (κ1) is 22.2. The van der Waals surface area contributed by atoms with Crippen molar-refractivity contribution in [1.82, 2.24) is 15.1 Å². The molecule has 0 bridgehead atoms. The maximum Gasteiger partial charge on any atom is 0.416 e. The first-order chi connectivity index (χ1) is 15.4. The number of benzene rings is 2. The molecular formula is C24H26F3N3O2. The molecule has 8 heteroatoms. The molecule has 0 spiro atoms. The fourth-order valence-corrected chi connectivity index (χ4v) is 4.37. The second kappa shape index (κ2) is 9.24. The molecule has 1 fully saturated rings. The predicted octanol–water partition coefficient (Wildman–Crippen LogP) is 5.49. The second-order valence-electron chi connectivity index (χ2n) is 8.04. The summed E-state index contributed by atoms with van der Waals surface area (Å²) in [5.74, 6) is 1.55. The van der Waals surface area contributed by atoms with Crippen LogP contribution in [0.2, 0.25) is 0 Å². The number of hydrogen-bond donors (Lipinski definition) is 1. The summed E-state index contributed by atoms with van der Waals surface area (Å²) in [6, 6.07) is 11.3. The van der Waals surface area contributed by atoms with E-state index in [1.807, 2.05) is 18.2 Å². The van der Waals surface area contributed by atoms with E-state index in [4.69, 9.17) is 9.47 Å². The van der Waals surface area contributed by atoms with Gasteiger partial charge in [0.2, 0.25) is 0 Å². The van der Waals surface area contributed by atoms with Crippen LogP contribution in [0.4, 0.5) is 13.2 Å². The minimum Gasteiger partial charge on any atom is -0.493 e. The maximum atomic E-state index is 13.2. The number of rotatable bonds is 6. The molecule has 0 radical (unpaired) electrons. The first-order valence-electron chi connectivity index (χ1n) is 10.5. The van der Waals surface area contributed by atoms with E-state index in [1.54, 1.807) is 26.5 Å². The Hall–Kier alpha value is -3.00. The van der Waals surface area contributed by atoms with Crippen LogP contribution in [0.25, 0.3) is 11.1 Å². The van der Waals surface area contributed by atoms with Gasteiger partial charge in [0.05, 0.1) is 26.0 Å². The van der Waals surface area contributed by atoms with Gasteiger partial charge in [0.25, 0.3) is 0 Å². The molecule has 1 saturated heterocycles. The molecule has 170 valence electrons. The number of nitrogens with one attached hydrogen (secondary N) is 1. The monoisotopic (exact) mass is 445 g/mol. The van der Waals surface area contributed by atoms with Gasteiger partial charge in [-0.3, -0.25) is 10.00 Å². The lowest BCUT2D eigenvalue weighted by atomic mass is 9.90. The van der Waals surface area contributed by atoms with Crippen LogP contribution in [-0.2, 0) is 12.7 Å². The van der Waals surface area contributed by atoms with Crippen LogP contribution in [-0.4, -0.2) is 42.4 Å². The van der Waals surface area contributed by atoms with Crippen LogP contribution in [0.5, 0.6) is 11.5 Å². The Bertz CT molecular complexity index is 1060. The minimum atomic E-state index is -4.37. The molecule has 1 aliphatic rings. The Balaban J connectivity index is 1.52. The van der Waals surface area contributed by atoms with Crippen LogP contribution in [0.3, 0.4) is 0 Å². The van der Waals surface area contributed by atoms with E-state index >= 15 is 0 Å². The molecule has 32 heavy (non-hydrogen) atoms. The van der Waals surface area contributed by atoms with Gasteiger partial charge in [-0.05, 0) is 54.8 Å². The zero-order valence-corrected chi connectivity index (χ0v) is 18.1. The van der Waals surface area contributed by atoms with Gasteiger partial charge in [-0.15, -0.1) is 0 Å². The number of hydrogen-bond acceptors (Lipinski definition) is 4. The number of methoxy groups -OCH3 is 2. The van der Waals surface area contributed by atoms with Crippen LogP contribution < -0.4 is 9.47 Å². The van der Waals surface area contributed by atoms with Crippen LogP contribution in [0.15, 0.2) is 48.7 Å². The third-order valence-electron chi connectivity index (χ3n) is 5.94. The summed E-state index contributed by atoms with van der Waals surface area (Å²) in [5, 5.41) is 7.22. The minimum absolute atomic E-state index is 0.163. The van der Waals surface area contributed by atoms with Crippen molar-refractivity contribution in [1.29, 1.82) is 0 Å². The lowest BCUT2D eigenvalue weighted by Crippen LogP contribution is -2.34. The topological polar surface area (TPSA) is 50.4 Å². The summed E-state index contributed by atoms with van der Waals surface area (Å²) >= 11 is 0. The molecular weight excluding hydrogens is 419 g/mol. The number of ether oxygens (including phenoxy) is 2. The van der Waals surface area contributed by atoms with Crippen LogP contribution in [0, 0.1) is 0 Å². The summed E-state index contributed by atoms with van der Waals surface area (Å²) in [6.45, 7) is 2.50. The average molecular weight is 445 g/mol. The number of halogens is 3. The lowest BCUT2D eigenvalue weighted by molar-refractivity contribution is -0.137. The molecule has 0 amide bonds. The van der Waals surface area contributed by atoms with Gasteiger partial charge in [0, 0.05) is 30.3 Å². The molecule has 4 rings (SSSR count). The highest BCUT2D eigenvalue weighted by Gasteiger charge is 2.31. The first-order valence-corrected chi connectivity index (χ1v) is 10.5. The standard InChI is InChI=1S/C24H26F3N3O2/c1-31-21-9-8-16(11-22(21)32-2)14-30-10-4-6-18(15-30)23-20(13-28-29-23)17-5-3-7-19(12-17)24(25,26)27/h3,5,7-9,11-13,18H,4,6,10,14-15H2,1-2H3,(H,28,29)/t18-/m0/s1. The Labute approximate surface area is 185 Å². The molecule has 2 heterocycles. The average Bonchev–Trinajstić information content (AvgIpc) is 3.29. The summed E-state index contributed by atoms with van der Waals surface area (Å²) in [4.78, 5) is 2.35. The second-order valence-corrected chi connectivity index (χ2v) is 8.04. The van der Waals surface area contributed by atoms with E-state index in [-0.39, 0.29) is 5.92 Å². The number of H-pyrrole nitrogens is 1. The van der Waals surface area contributed by atoms with Crippen LogP contribution >= 0.6 is 0 Å². The highest BCUT2D eigenvalue weighted by molar-refractivity contribution is 5.66. The van der Waals surface area contributed by atoms with E-state index in [9.17, 15) is 13.2 Å². The van der Waals surface area contributed by atoms with E-state index in [2.05, 4.69) is 15.1 Å². The quantitative estimate of drug-likeness (QED) is 0.545. The van der Waals surface area contributed by atoms with Gasteiger partial charge < -0.3 is 9.47 Å². The van der Waals surface area contributed by atoms with Gasteiger partial charge >= 0.3 is 6.18 Å². The fraction of sp³-hybridized carbons (Fsp3) is 0.375. The molecule has 1 N–H and O–H groups in total. The van der Waals surface area contributed by atoms with Gasteiger partial charge in [-0.1, -0.05) is 18.2 Å². The largest absolute Gasteiger partial charge is 0.493 e. The van der Waals surface area contributed by atoms with Crippen molar-refractivity contribution in [2.45, 2.75) is 31.5 Å². The molecule has 1 aliphatic heterocycles. The summed E-state index contributed by atoms with van der Waals surface area (Å²) in [6.07, 6.45) is -0.797. The normalized spacial score (nSPS) is 17.3. The highest BCUT2D eigenvalue weighted by atomic mass is 19.4. The Morgan fingerprint density at radius 3 is 2.66 bits per heavy atom. The summed E-state index contributed by atoms with van der Waals surface area (Å²) in [7, 11) is 3.23. The molecule has 0 saturated carbocycles. The van der Waals surface area contributed by atoms with E-state index < -0.39 is 11.7 Å². The van der Waals surface area contributed by atoms with Crippen molar-refractivity contribution in [3.05, 3.63) is 65.5 Å². The number of aromatic amines is 1. The van der Waals surface area contributed by atoms with Gasteiger partial charge in [0.1, 0.15) is 0 Å². The highest BCUT2D eigenvalue weighted by Crippen LogP contribution is 2.37. The zero-order chi connectivity index (χ0) is 22.7. The van der Waals surface area contributed by atoms with Gasteiger partial charge in [0.15, 0.2) is 11.5 Å².